The molecular weight excluding hydrogens is 242 g/mol. The first kappa shape index (κ1) is 13.1. The number of rotatable bonds is 5. The monoisotopic (exact) mass is 259 g/mol. The van der Waals surface area contributed by atoms with Crippen LogP contribution in [-0.4, -0.2) is 13.7 Å². The Bertz CT molecular complexity index is 555. The van der Waals surface area contributed by atoms with E-state index >= 15 is 0 Å². The summed E-state index contributed by atoms with van der Waals surface area (Å²) < 4.78 is 16.3. The van der Waals surface area contributed by atoms with Gasteiger partial charge >= 0.3 is 0 Å². The van der Waals surface area contributed by atoms with Crippen LogP contribution in [0.1, 0.15) is 6.92 Å². The second kappa shape index (κ2) is 6.00. The van der Waals surface area contributed by atoms with Crippen molar-refractivity contribution in [3.05, 3.63) is 42.5 Å². The summed E-state index contributed by atoms with van der Waals surface area (Å²) >= 11 is 0. The highest BCUT2D eigenvalue weighted by molar-refractivity contribution is 5.51. The topological polar surface area (TPSA) is 53.7 Å². The highest BCUT2D eigenvalue weighted by Crippen LogP contribution is 2.30. The summed E-state index contributed by atoms with van der Waals surface area (Å²) in [5.74, 6) is 2.76. The van der Waals surface area contributed by atoms with Crippen LogP contribution < -0.4 is 19.9 Å². The van der Waals surface area contributed by atoms with Crippen molar-refractivity contribution in [3.63, 3.8) is 0 Å². The van der Waals surface area contributed by atoms with E-state index in [4.69, 9.17) is 19.9 Å². The zero-order valence-electron chi connectivity index (χ0n) is 11.1. The average molecular weight is 259 g/mol. The lowest BCUT2D eigenvalue weighted by atomic mass is 10.2. The molecule has 0 saturated heterocycles. The predicted octanol–water partition coefficient (Wildman–Crippen LogP) is 3.47. The number of nitrogens with two attached hydrogens (primary N) is 1. The van der Waals surface area contributed by atoms with Crippen LogP contribution >= 0.6 is 0 Å². The molecule has 0 bridgehead atoms. The second-order valence-corrected chi connectivity index (χ2v) is 3.95. The molecule has 100 valence electrons. The zero-order chi connectivity index (χ0) is 13.7. The van der Waals surface area contributed by atoms with Crippen LogP contribution in [-0.2, 0) is 0 Å². The zero-order valence-corrected chi connectivity index (χ0v) is 11.1. The van der Waals surface area contributed by atoms with Gasteiger partial charge in [-0.3, -0.25) is 0 Å². The molecule has 0 fully saturated rings. The Labute approximate surface area is 112 Å². The molecule has 0 amide bonds. The minimum atomic E-state index is 0.585. The highest BCUT2D eigenvalue weighted by atomic mass is 16.5. The standard InChI is InChI=1S/C15H17NO3/c1-3-18-14-7-11(16)8-15(10-14)19-13-6-4-5-12(9-13)17-2/h4-10H,3,16H2,1-2H3. The summed E-state index contributed by atoms with van der Waals surface area (Å²) in [6, 6.07) is 12.7. The van der Waals surface area contributed by atoms with E-state index in [0.717, 1.165) is 5.75 Å². The van der Waals surface area contributed by atoms with Crippen LogP contribution in [0, 0.1) is 0 Å². The molecule has 0 aliphatic heterocycles. The Morgan fingerprint density at radius 2 is 1.63 bits per heavy atom. The lowest BCUT2D eigenvalue weighted by Crippen LogP contribution is -1.95. The third-order valence-corrected chi connectivity index (χ3v) is 2.49. The van der Waals surface area contributed by atoms with Gasteiger partial charge in [0.1, 0.15) is 23.0 Å². The molecule has 0 aliphatic rings. The van der Waals surface area contributed by atoms with Gasteiger partial charge in [-0.15, -0.1) is 0 Å². The Morgan fingerprint density at radius 1 is 0.947 bits per heavy atom. The molecule has 0 heterocycles. The van der Waals surface area contributed by atoms with Crippen LogP contribution in [0.4, 0.5) is 5.69 Å². The second-order valence-electron chi connectivity index (χ2n) is 3.95. The van der Waals surface area contributed by atoms with Crippen molar-refractivity contribution < 1.29 is 14.2 Å². The number of ether oxygens (including phenoxy) is 3. The fraction of sp³-hybridized carbons (Fsp3) is 0.200. The van der Waals surface area contributed by atoms with E-state index in [1.165, 1.54) is 0 Å². The fourth-order valence-electron chi connectivity index (χ4n) is 1.70. The SMILES string of the molecule is CCOc1cc(N)cc(Oc2cccc(OC)c2)c1. The van der Waals surface area contributed by atoms with Crippen LogP contribution in [0.3, 0.4) is 0 Å². The van der Waals surface area contributed by atoms with Gasteiger partial charge in [0, 0.05) is 30.0 Å². The van der Waals surface area contributed by atoms with Gasteiger partial charge in [0.05, 0.1) is 13.7 Å². The first-order chi connectivity index (χ1) is 9.21. The highest BCUT2D eigenvalue weighted by Gasteiger charge is 2.03. The van der Waals surface area contributed by atoms with Gasteiger partial charge in [-0.25, -0.2) is 0 Å². The van der Waals surface area contributed by atoms with Crippen molar-refractivity contribution in [2.24, 2.45) is 0 Å². The normalized spacial score (nSPS) is 10.0. The van der Waals surface area contributed by atoms with Gasteiger partial charge in [0.2, 0.25) is 0 Å². The van der Waals surface area contributed by atoms with Crippen molar-refractivity contribution in [1.29, 1.82) is 0 Å². The fourth-order valence-corrected chi connectivity index (χ4v) is 1.70. The summed E-state index contributed by atoms with van der Waals surface area (Å²) in [5.41, 5.74) is 6.42. The molecule has 0 unspecified atom stereocenters. The van der Waals surface area contributed by atoms with Crippen LogP contribution in [0.25, 0.3) is 0 Å². The molecule has 2 N–H and O–H groups in total. The van der Waals surface area contributed by atoms with Gasteiger partial charge < -0.3 is 19.9 Å². The van der Waals surface area contributed by atoms with Gasteiger partial charge in [-0.1, -0.05) is 6.07 Å². The number of methoxy groups -OCH3 is 1. The molecule has 4 heteroatoms. The van der Waals surface area contributed by atoms with E-state index in [1.807, 2.05) is 31.2 Å². The van der Waals surface area contributed by atoms with Crippen LogP contribution in [0.5, 0.6) is 23.0 Å². The summed E-state index contributed by atoms with van der Waals surface area (Å²) in [6.07, 6.45) is 0. The molecule has 0 aliphatic carbocycles. The maximum absolute atomic E-state index is 5.81. The number of hydrogen-bond acceptors (Lipinski definition) is 4. The van der Waals surface area contributed by atoms with E-state index in [1.54, 1.807) is 25.3 Å². The van der Waals surface area contributed by atoms with E-state index < -0.39 is 0 Å². The maximum Gasteiger partial charge on any atom is 0.133 e. The Morgan fingerprint density at radius 3 is 2.37 bits per heavy atom. The van der Waals surface area contributed by atoms with Crippen molar-refractivity contribution in [3.8, 4) is 23.0 Å². The van der Waals surface area contributed by atoms with Crippen molar-refractivity contribution in [1.82, 2.24) is 0 Å². The van der Waals surface area contributed by atoms with Gasteiger partial charge in [0.25, 0.3) is 0 Å². The van der Waals surface area contributed by atoms with Crippen LogP contribution in [0.2, 0.25) is 0 Å². The molecule has 0 radical (unpaired) electrons. The molecule has 0 saturated carbocycles. The average Bonchev–Trinajstić information content (AvgIpc) is 2.38. The van der Waals surface area contributed by atoms with Gasteiger partial charge in [0.15, 0.2) is 0 Å². The van der Waals surface area contributed by atoms with E-state index in [9.17, 15) is 0 Å². The molecule has 0 atom stereocenters. The van der Waals surface area contributed by atoms with E-state index in [-0.39, 0.29) is 0 Å². The van der Waals surface area contributed by atoms with Gasteiger partial charge in [-0.05, 0) is 19.1 Å². The molecule has 0 aromatic heterocycles. The maximum atomic E-state index is 5.81. The van der Waals surface area contributed by atoms with Crippen molar-refractivity contribution >= 4 is 5.69 Å². The smallest absolute Gasteiger partial charge is 0.133 e. The van der Waals surface area contributed by atoms with Crippen LogP contribution in [0.15, 0.2) is 42.5 Å². The predicted molar refractivity (Wildman–Crippen MR) is 75.1 cm³/mol. The molecule has 2 rings (SSSR count). The lowest BCUT2D eigenvalue weighted by molar-refractivity contribution is 0.338. The Kier molecular flexibility index (Phi) is 4.13. The molecular formula is C15H17NO3. The molecule has 19 heavy (non-hydrogen) atoms. The Hall–Kier alpha value is -2.36. The molecule has 2 aromatic carbocycles. The molecule has 0 spiro atoms. The van der Waals surface area contributed by atoms with Crippen molar-refractivity contribution in [2.45, 2.75) is 6.92 Å². The minimum absolute atomic E-state index is 0.585. The first-order valence-corrected chi connectivity index (χ1v) is 6.06. The minimum Gasteiger partial charge on any atom is -0.497 e. The summed E-state index contributed by atoms with van der Waals surface area (Å²) in [5, 5.41) is 0. The molecule has 2 aromatic rings. The number of nitrogen functional groups attached to an aromatic ring is 1. The quantitative estimate of drug-likeness (QED) is 0.835. The Balaban J connectivity index is 2.22. The lowest BCUT2D eigenvalue weighted by Gasteiger charge is -2.10. The first-order valence-electron chi connectivity index (χ1n) is 6.06. The summed E-state index contributed by atoms with van der Waals surface area (Å²) in [4.78, 5) is 0. The third-order valence-electron chi connectivity index (χ3n) is 2.49. The van der Waals surface area contributed by atoms with E-state index in [2.05, 4.69) is 0 Å². The molecule has 4 nitrogen and oxygen atoms in total. The third kappa shape index (κ3) is 3.55. The van der Waals surface area contributed by atoms with E-state index in [0.29, 0.717) is 29.5 Å². The van der Waals surface area contributed by atoms with Crippen molar-refractivity contribution in [2.75, 3.05) is 19.5 Å². The number of benzene rings is 2. The number of anilines is 1. The van der Waals surface area contributed by atoms with Gasteiger partial charge in [-0.2, -0.15) is 0 Å². The number of hydrogen-bond donors (Lipinski definition) is 1. The summed E-state index contributed by atoms with van der Waals surface area (Å²) in [6.45, 7) is 2.51. The largest absolute Gasteiger partial charge is 0.497 e. The summed E-state index contributed by atoms with van der Waals surface area (Å²) in [7, 11) is 1.62.